The fraction of sp³-hybridized carbons (Fsp3) is 0.786. The first kappa shape index (κ1) is 14.2. The van der Waals surface area contributed by atoms with Crippen molar-refractivity contribution in [2.24, 2.45) is 7.05 Å². The van der Waals surface area contributed by atoms with Crippen molar-refractivity contribution >= 4 is 5.69 Å². The Labute approximate surface area is 115 Å². The zero-order chi connectivity index (χ0) is 13.8. The molecule has 2 rings (SSSR count). The summed E-state index contributed by atoms with van der Waals surface area (Å²) in [5.41, 5.74) is 7.76. The molecule has 5 heteroatoms. The highest BCUT2D eigenvalue weighted by molar-refractivity contribution is 5.53. The first-order chi connectivity index (χ1) is 9.13. The number of ether oxygens (including phenoxy) is 1. The van der Waals surface area contributed by atoms with Gasteiger partial charge in [-0.05, 0) is 39.3 Å². The van der Waals surface area contributed by atoms with Gasteiger partial charge in [0.25, 0.3) is 0 Å². The molecule has 2 heterocycles. The monoisotopic (exact) mass is 266 g/mol. The average molecular weight is 266 g/mol. The molecular formula is C14H26N4O. The Balaban J connectivity index is 1.88. The lowest BCUT2D eigenvalue weighted by Crippen LogP contribution is -2.26. The van der Waals surface area contributed by atoms with Gasteiger partial charge in [-0.25, -0.2) is 4.68 Å². The smallest absolute Gasteiger partial charge is 0.235 e. The third kappa shape index (κ3) is 3.21. The Morgan fingerprint density at radius 3 is 2.84 bits per heavy atom. The number of nitrogens with two attached hydrogens (primary N) is 1. The van der Waals surface area contributed by atoms with Crippen LogP contribution >= 0.6 is 0 Å². The highest BCUT2D eigenvalue weighted by Crippen LogP contribution is 2.26. The largest absolute Gasteiger partial charge is 0.476 e. The molecule has 0 spiro atoms. The fourth-order valence-electron chi connectivity index (χ4n) is 2.81. The Morgan fingerprint density at radius 2 is 2.21 bits per heavy atom. The minimum absolute atomic E-state index is 0.657. The number of hydrogen-bond donors (Lipinski definition) is 1. The van der Waals surface area contributed by atoms with Crippen LogP contribution in [-0.2, 0) is 13.5 Å². The Bertz CT molecular complexity index is 416. The van der Waals surface area contributed by atoms with E-state index < -0.39 is 0 Å². The van der Waals surface area contributed by atoms with Gasteiger partial charge in [-0.15, -0.1) is 0 Å². The number of hydrogen-bond acceptors (Lipinski definition) is 4. The summed E-state index contributed by atoms with van der Waals surface area (Å²) in [6, 6.07) is 0.657. The first-order valence-corrected chi connectivity index (χ1v) is 7.27. The van der Waals surface area contributed by atoms with Gasteiger partial charge in [0.1, 0.15) is 5.69 Å². The summed E-state index contributed by atoms with van der Waals surface area (Å²) in [5.74, 6) is 0.726. The van der Waals surface area contributed by atoms with Crippen molar-refractivity contribution in [1.29, 1.82) is 0 Å². The number of anilines is 1. The quantitative estimate of drug-likeness (QED) is 0.853. The molecule has 2 N–H and O–H groups in total. The summed E-state index contributed by atoms with van der Waals surface area (Å²) in [4.78, 5) is 2.42. The number of aryl methyl sites for hydroxylation is 2. The molecule has 0 saturated carbocycles. The minimum Gasteiger partial charge on any atom is -0.476 e. The number of nitrogen functional groups attached to an aromatic ring is 1. The van der Waals surface area contributed by atoms with Gasteiger partial charge in [0.05, 0.1) is 12.3 Å². The second-order valence-electron chi connectivity index (χ2n) is 5.45. The molecule has 1 aromatic heterocycles. The van der Waals surface area contributed by atoms with Crippen molar-refractivity contribution in [2.45, 2.75) is 45.1 Å². The summed E-state index contributed by atoms with van der Waals surface area (Å²) < 4.78 is 7.62. The maximum Gasteiger partial charge on any atom is 0.235 e. The van der Waals surface area contributed by atoms with E-state index in [1.165, 1.54) is 19.4 Å². The average Bonchev–Trinajstić information content (AvgIpc) is 2.89. The maximum atomic E-state index is 6.09. The van der Waals surface area contributed by atoms with Gasteiger partial charge in [0.2, 0.25) is 5.88 Å². The van der Waals surface area contributed by atoms with E-state index in [2.05, 4.69) is 24.0 Å². The van der Waals surface area contributed by atoms with Crippen molar-refractivity contribution in [3.05, 3.63) is 5.69 Å². The third-order valence-electron chi connectivity index (χ3n) is 3.95. The van der Waals surface area contributed by atoms with E-state index in [4.69, 9.17) is 10.5 Å². The molecular weight excluding hydrogens is 240 g/mol. The molecule has 0 bridgehead atoms. The first-order valence-electron chi connectivity index (χ1n) is 7.27. The molecule has 1 aromatic rings. The molecule has 1 fully saturated rings. The molecule has 0 radical (unpaired) electrons. The zero-order valence-corrected chi connectivity index (χ0v) is 12.4. The second kappa shape index (κ2) is 6.28. The topological polar surface area (TPSA) is 56.3 Å². The van der Waals surface area contributed by atoms with Crippen LogP contribution in [0, 0.1) is 0 Å². The van der Waals surface area contributed by atoms with Crippen molar-refractivity contribution in [3.8, 4) is 5.88 Å². The van der Waals surface area contributed by atoms with Gasteiger partial charge in [0.15, 0.2) is 0 Å². The van der Waals surface area contributed by atoms with E-state index >= 15 is 0 Å². The SMILES string of the molecule is CCCc1nn(C)c(OCCC2CCCN2C)c1N. The van der Waals surface area contributed by atoms with Crippen LogP contribution in [0.4, 0.5) is 5.69 Å². The molecule has 1 aliphatic rings. The van der Waals surface area contributed by atoms with Crippen LogP contribution in [0.25, 0.3) is 0 Å². The van der Waals surface area contributed by atoms with Crippen LogP contribution in [0.2, 0.25) is 0 Å². The van der Waals surface area contributed by atoms with Crippen molar-refractivity contribution in [2.75, 3.05) is 25.9 Å². The van der Waals surface area contributed by atoms with E-state index in [1.807, 2.05) is 7.05 Å². The van der Waals surface area contributed by atoms with E-state index in [9.17, 15) is 0 Å². The normalized spacial score (nSPS) is 20.1. The van der Waals surface area contributed by atoms with Crippen LogP contribution < -0.4 is 10.5 Å². The summed E-state index contributed by atoms with van der Waals surface area (Å²) in [6.07, 6.45) is 5.60. The third-order valence-corrected chi connectivity index (χ3v) is 3.95. The molecule has 0 aliphatic carbocycles. The molecule has 5 nitrogen and oxygen atoms in total. The van der Waals surface area contributed by atoms with Gasteiger partial charge in [-0.2, -0.15) is 5.10 Å². The van der Waals surface area contributed by atoms with E-state index in [1.54, 1.807) is 4.68 Å². The fourth-order valence-corrected chi connectivity index (χ4v) is 2.81. The Hall–Kier alpha value is -1.23. The number of aromatic nitrogens is 2. The van der Waals surface area contributed by atoms with Gasteiger partial charge >= 0.3 is 0 Å². The number of likely N-dealkylation sites (tertiary alicyclic amines) is 1. The predicted octanol–water partition coefficient (Wildman–Crippen LogP) is 1.82. The Kier molecular flexibility index (Phi) is 4.69. The molecule has 0 amide bonds. The van der Waals surface area contributed by atoms with Gasteiger partial charge in [-0.1, -0.05) is 13.3 Å². The lowest BCUT2D eigenvalue weighted by Gasteiger charge is -2.19. The maximum absolute atomic E-state index is 6.09. The highest BCUT2D eigenvalue weighted by Gasteiger charge is 2.21. The predicted molar refractivity (Wildman–Crippen MR) is 77.4 cm³/mol. The Morgan fingerprint density at radius 1 is 1.42 bits per heavy atom. The molecule has 1 aliphatic heterocycles. The highest BCUT2D eigenvalue weighted by atomic mass is 16.5. The van der Waals surface area contributed by atoms with Crippen LogP contribution in [0.1, 0.15) is 38.3 Å². The van der Waals surface area contributed by atoms with Gasteiger partial charge < -0.3 is 15.4 Å². The van der Waals surface area contributed by atoms with Crippen molar-refractivity contribution in [1.82, 2.24) is 14.7 Å². The summed E-state index contributed by atoms with van der Waals surface area (Å²) in [7, 11) is 4.09. The van der Waals surface area contributed by atoms with Crippen LogP contribution in [0.3, 0.4) is 0 Å². The van der Waals surface area contributed by atoms with Crippen LogP contribution in [0.5, 0.6) is 5.88 Å². The lowest BCUT2D eigenvalue weighted by atomic mass is 10.1. The number of rotatable bonds is 6. The molecule has 1 unspecified atom stereocenters. The molecule has 1 saturated heterocycles. The van der Waals surface area contributed by atoms with E-state index in [-0.39, 0.29) is 0 Å². The zero-order valence-electron chi connectivity index (χ0n) is 12.4. The van der Waals surface area contributed by atoms with Crippen LogP contribution in [0.15, 0.2) is 0 Å². The van der Waals surface area contributed by atoms with Crippen molar-refractivity contribution < 1.29 is 4.74 Å². The summed E-state index contributed by atoms with van der Waals surface area (Å²) in [6.45, 7) is 4.05. The molecule has 0 aromatic carbocycles. The molecule has 19 heavy (non-hydrogen) atoms. The lowest BCUT2D eigenvalue weighted by molar-refractivity contribution is 0.223. The summed E-state index contributed by atoms with van der Waals surface area (Å²) >= 11 is 0. The molecule has 108 valence electrons. The van der Waals surface area contributed by atoms with E-state index in [0.717, 1.165) is 30.8 Å². The minimum atomic E-state index is 0.657. The van der Waals surface area contributed by atoms with Crippen molar-refractivity contribution in [3.63, 3.8) is 0 Å². The second-order valence-corrected chi connectivity index (χ2v) is 5.45. The standard InChI is InChI=1S/C14H26N4O/c1-4-6-12-13(15)14(18(3)16-12)19-10-8-11-7-5-9-17(11)2/h11H,4-10,15H2,1-3H3. The molecule has 1 atom stereocenters. The number of nitrogens with zero attached hydrogens (tertiary/aromatic N) is 3. The summed E-state index contributed by atoms with van der Waals surface area (Å²) in [5, 5.41) is 4.42. The van der Waals surface area contributed by atoms with Crippen LogP contribution in [-0.4, -0.2) is 40.9 Å². The van der Waals surface area contributed by atoms with Gasteiger partial charge in [-0.3, -0.25) is 0 Å². The van der Waals surface area contributed by atoms with E-state index in [0.29, 0.717) is 18.3 Å². The van der Waals surface area contributed by atoms with Gasteiger partial charge in [0, 0.05) is 13.1 Å².